The van der Waals surface area contributed by atoms with E-state index in [1.165, 1.54) is 0 Å². The molecule has 2 saturated heterocycles. The summed E-state index contributed by atoms with van der Waals surface area (Å²) in [6.45, 7) is 3.41. The second kappa shape index (κ2) is 5.99. The fourth-order valence-electron chi connectivity index (χ4n) is 3.46. The van der Waals surface area contributed by atoms with Gasteiger partial charge in [-0.1, -0.05) is 13.3 Å². The molecule has 2 rings (SSSR count). The van der Waals surface area contributed by atoms with Crippen LogP contribution in [0, 0.1) is 5.41 Å². The zero-order chi connectivity index (χ0) is 14.8. The van der Waals surface area contributed by atoms with Gasteiger partial charge in [-0.3, -0.25) is 4.79 Å². The smallest absolute Gasteiger partial charge is 0.320 e. The molecule has 2 aliphatic heterocycles. The molecule has 6 nitrogen and oxygen atoms in total. The Hall–Kier alpha value is -1.30. The molecule has 20 heavy (non-hydrogen) atoms. The lowest BCUT2D eigenvalue weighted by Crippen LogP contribution is -2.47. The van der Waals surface area contributed by atoms with Gasteiger partial charge in [0.1, 0.15) is 0 Å². The number of likely N-dealkylation sites (tertiary alicyclic amines) is 2. The van der Waals surface area contributed by atoms with E-state index in [4.69, 9.17) is 0 Å². The maximum absolute atomic E-state index is 12.5. The number of urea groups is 1. The van der Waals surface area contributed by atoms with E-state index in [9.17, 15) is 19.8 Å². The van der Waals surface area contributed by atoms with Crippen LogP contribution in [0.2, 0.25) is 0 Å². The molecule has 2 aliphatic rings. The van der Waals surface area contributed by atoms with Crippen LogP contribution in [-0.4, -0.2) is 64.3 Å². The number of carbonyl (C=O) groups is 2. The third-order valence-corrected chi connectivity index (χ3v) is 4.64. The quantitative estimate of drug-likeness (QED) is 0.811. The lowest BCUT2D eigenvalue weighted by molar-refractivity contribution is -0.148. The molecule has 2 unspecified atom stereocenters. The second-order valence-corrected chi connectivity index (χ2v) is 5.96. The highest BCUT2D eigenvalue weighted by molar-refractivity contribution is 5.80. The maximum Gasteiger partial charge on any atom is 0.320 e. The van der Waals surface area contributed by atoms with E-state index in [2.05, 4.69) is 0 Å². The van der Waals surface area contributed by atoms with E-state index in [0.717, 1.165) is 19.3 Å². The monoisotopic (exact) mass is 284 g/mol. The van der Waals surface area contributed by atoms with Crippen molar-refractivity contribution in [2.24, 2.45) is 5.41 Å². The van der Waals surface area contributed by atoms with Gasteiger partial charge in [0.2, 0.25) is 0 Å². The fraction of sp³-hybridized carbons (Fsp3) is 0.857. The van der Waals surface area contributed by atoms with Crippen molar-refractivity contribution in [2.75, 3.05) is 26.2 Å². The van der Waals surface area contributed by atoms with Crippen LogP contribution in [0.15, 0.2) is 0 Å². The molecule has 2 N–H and O–H groups in total. The molecule has 2 fully saturated rings. The third kappa shape index (κ3) is 2.61. The summed E-state index contributed by atoms with van der Waals surface area (Å²) in [5.74, 6) is -0.796. The average Bonchev–Trinajstić information content (AvgIpc) is 3.05. The minimum absolute atomic E-state index is 0.0153. The summed E-state index contributed by atoms with van der Waals surface area (Å²) in [5.41, 5.74) is -0.779. The second-order valence-electron chi connectivity index (χ2n) is 5.96. The zero-order valence-electron chi connectivity index (χ0n) is 12.0. The Balaban J connectivity index is 2.04. The number of aliphatic hydroxyl groups excluding tert-OH is 1. The van der Waals surface area contributed by atoms with Crippen molar-refractivity contribution in [3.8, 4) is 0 Å². The van der Waals surface area contributed by atoms with E-state index in [1.54, 1.807) is 9.80 Å². The normalized spacial score (nSPS) is 30.0. The number of hydrogen-bond donors (Lipinski definition) is 2. The summed E-state index contributed by atoms with van der Waals surface area (Å²) in [4.78, 5) is 27.4. The van der Waals surface area contributed by atoms with Gasteiger partial charge in [0.15, 0.2) is 0 Å². The van der Waals surface area contributed by atoms with Gasteiger partial charge in [-0.05, 0) is 25.7 Å². The molecule has 2 heterocycles. The standard InChI is InChI=1S/C14H24N2O4/c1-2-5-14(12(18)19)6-8-15(10-14)13(20)16-7-3-4-11(16)9-17/h11,17H,2-10H2,1H3,(H,18,19). The summed E-state index contributed by atoms with van der Waals surface area (Å²) >= 11 is 0. The number of aliphatic hydroxyl groups is 1. The van der Waals surface area contributed by atoms with Crippen LogP contribution in [0.25, 0.3) is 0 Å². The van der Waals surface area contributed by atoms with Gasteiger partial charge in [-0.15, -0.1) is 0 Å². The first-order valence-electron chi connectivity index (χ1n) is 7.44. The van der Waals surface area contributed by atoms with Crippen molar-refractivity contribution < 1.29 is 19.8 Å². The molecule has 0 aromatic rings. The van der Waals surface area contributed by atoms with Crippen molar-refractivity contribution in [3.63, 3.8) is 0 Å². The van der Waals surface area contributed by atoms with Crippen molar-refractivity contribution >= 4 is 12.0 Å². The first-order valence-corrected chi connectivity index (χ1v) is 7.44. The van der Waals surface area contributed by atoms with Crippen molar-refractivity contribution in [2.45, 2.75) is 45.1 Å². The van der Waals surface area contributed by atoms with Crippen molar-refractivity contribution in [1.29, 1.82) is 0 Å². The van der Waals surface area contributed by atoms with Crippen LogP contribution in [0.4, 0.5) is 4.79 Å². The molecular formula is C14H24N2O4. The van der Waals surface area contributed by atoms with Gasteiger partial charge in [-0.25, -0.2) is 4.79 Å². The Bertz CT molecular complexity index is 387. The molecular weight excluding hydrogens is 260 g/mol. The van der Waals surface area contributed by atoms with Crippen LogP contribution >= 0.6 is 0 Å². The number of amides is 2. The molecule has 0 aliphatic carbocycles. The number of hydrogen-bond acceptors (Lipinski definition) is 3. The SMILES string of the molecule is CCCC1(C(=O)O)CCN(C(=O)N2CCCC2CO)C1. The lowest BCUT2D eigenvalue weighted by Gasteiger charge is -2.30. The number of carboxylic acid groups (broad SMARTS) is 1. The van der Waals surface area contributed by atoms with Gasteiger partial charge in [0.05, 0.1) is 18.1 Å². The highest BCUT2D eigenvalue weighted by Gasteiger charge is 2.46. The van der Waals surface area contributed by atoms with Gasteiger partial charge in [0, 0.05) is 19.6 Å². The van der Waals surface area contributed by atoms with E-state index in [-0.39, 0.29) is 18.7 Å². The van der Waals surface area contributed by atoms with Crippen LogP contribution in [0.5, 0.6) is 0 Å². The summed E-state index contributed by atoms with van der Waals surface area (Å²) in [6.07, 6.45) is 3.67. The number of rotatable bonds is 4. The van der Waals surface area contributed by atoms with E-state index in [0.29, 0.717) is 32.5 Å². The van der Waals surface area contributed by atoms with E-state index < -0.39 is 11.4 Å². The predicted molar refractivity (Wildman–Crippen MR) is 73.4 cm³/mol. The first kappa shape index (κ1) is 15.1. The van der Waals surface area contributed by atoms with E-state index >= 15 is 0 Å². The fourth-order valence-corrected chi connectivity index (χ4v) is 3.46. The van der Waals surface area contributed by atoms with Gasteiger partial charge < -0.3 is 20.0 Å². The first-order chi connectivity index (χ1) is 9.54. The Morgan fingerprint density at radius 1 is 1.35 bits per heavy atom. The number of carboxylic acids is 1. The Kier molecular flexibility index (Phi) is 4.52. The molecule has 114 valence electrons. The zero-order valence-corrected chi connectivity index (χ0v) is 12.0. The maximum atomic E-state index is 12.5. The third-order valence-electron chi connectivity index (χ3n) is 4.64. The number of nitrogens with zero attached hydrogens (tertiary/aromatic N) is 2. The molecule has 0 aromatic heterocycles. The largest absolute Gasteiger partial charge is 0.481 e. The topological polar surface area (TPSA) is 81.1 Å². The lowest BCUT2D eigenvalue weighted by atomic mass is 9.83. The highest BCUT2D eigenvalue weighted by Crippen LogP contribution is 2.36. The van der Waals surface area contributed by atoms with Gasteiger partial charge in [0.25, 0.3) is 0 Å². The molecule has 2 atom stereocenters. The minimum atomic E-state index is -0.796. The Morgan fingerprint density at radius 3 is 2.70 bits per heavy atom. The molecule has 6 heteroatoms. The molecule has 0 bridgehead atoms. The summed E-state index contributed by atoms with van der Waals surface area (Å²) in [6, 6.07) is -0.214. The van der Waals surface area contributed by atoms with Crippen molar-refractivity contribution in [1.82, 2.24) is 9.80 Å². The van der Waals surface area contributed by atoms with Crippen LogP contribution in [0.3, 0.4) is 0 Å². The van der Waals surface area contributed by atoms with Crippen LogP contribution < -0.4 is 0 Å². The van der Waals surface area contributed by atoms with Gasteiger partial charge in [-0.2, -0.15) is 0 Å². The molecule has 0 saturated carbocycles. The van der Waals surface area contributed by atoms with Gasteiger partial charge >= 0.3 is 12.0 Å². The van der Waals surface area contributed by atoms with Crippen molar-refractivity contribution in [3.05, 3.63) is 0 Å². The minimum Gasteiger partial charge on any atom is -0.481 e. The summed E-state index contributed by atoms with van der Waals surface area (Å²) in [5, 5.41) is 18.8. The summed E-state index contributed by atoms with van der Waals surface area (Å²) in [7, 11) is 0. The molecule has 0 aromatic carbocycles. The van der Waals surface area contributed by atoms with E-state index in [1.807, 2.05) is 6.92 Å². The van der Waals surface area contributed by atoms with Crippen LogP contribution in [0.1, 0.15) is 39.0 Å². The Labute approximate surface area is 119 Å². The molecule has 0 spiro atoms. The number of aliphatic carboxylic acids is 1. The molecule has 0 radical (unpaired) electrons. The highest BCUT2D eigenvalue weighted by atomic mass is 16.4. The van der Waals surface area contributed by atoms with Crippen LogP contribution in [-0.2, 0) is 4.79 Å². The molecule has 2 amide bonds. The Morgan fingerprint density at radius 2 is 2.10 bits per heavy atom. The summed E-state index contributed by atoms with van der Waals surface area (Å²) < 4.78 is 0. The average molecular weight is 284 g/mol. The number of carbonyl (C=O) groups excluding carboxylic acids is 1. The predicted octanol–water partition coefficient (Wildman–Crippen LogP) is 1.14.